The summed E-state index contributed by atoms with van der Waals surface area (Å²) in [6.45, 7) is 6.72. The van der Waals surface area contributed by atoms with Crippen molar-refractivity contribution in [1.29, 1.82) is 0 Å². The molecule has 0 heterocycles. The highest BCUT2D eigenvalue weighted by molar-refractivity contribution is 9.09. The largest absolute Gasteiger partial charge is 0.207 e. The van der Waals surface area contributed by atoms with Crippen LogP contribution in [0.4, 0.5) is 4.39 Å². The Hall–Kier alpha value is -0.370. The van der Waals surface area contributed by atoms with Gasteiger partial charge in [-0.2, -0.15) is 0 Å². The summed E-state index contributed by atoms with van der Waals surface area (Å²) in [7, 11) is 0. The zero-order chi connectivity index (χ0) is 8.69. The van der Waals surface area contributed by atoms with Gasteiger partial charge in [-0.05, 0) is 18.4 Å². The predicted octanol–water partition coefficient (Wildman–Crippen LogP) is 3.76. The van der Waals surface area contributed by atoms with E-state index in [4.69, 9.17) is 0 Å². The minimum atomic E-state index is -0.356. The molecule has 0 spiro atoms. The average Bonchev–Trinajstić information content (AvgIpc) is 1.97. The maximum atomic E-state index is 12.6. The third-order valence-corrected chi connectivity index (χ3v) is 1.81. The van der Waals surface area contributed by atoms with Crippen LogP contribution in [0.25, 0.3) is 0 Å². The number of rotatable bonds is 5. The Bertz CT molecular complexity index is 170. The van der Waals surface area contributed by atoms with Crippen molar-refractivity contribution >= 4 is 15.9 Å². The third-order valence-electron chi connectivity index (χ3n) is 1.25. The van der Waals surface area contributed by atoms with Crippen molar-refractivity contribution in [1.82, 2.24) is 0 Å². The molecule has 0 fully saturated rings. The van der Waals surface area contributed by atoms with Crippen LogP contribution in [0.3, 0.4) is 0 Å². The quantitative estimate of drug-likeness (QED) is 0.487. The zero-order valence-corrected chi connectivity index (χ0v) is 8.03. The number of alkyl halides is 1. The number of hydrogen-bond acceptors (Lipinski definition) is 0. The van der Waals surface area contributed by atoms with E-state index in [9.17, 15) is 4.39 Å². The molecule has 0 radical (unpaired) electrons. The van der Waals surface area contributed by atoms with Gasteiger partial charge in [0.15, 0.2) is 0 Å². The molecule has 0 aromatic heterocycles. The van der Waals surface area contributed by atoms with Gasteiger partial charge in [0, 0.05) is 5.33 Å². The fraction of sp³-hybridized carbons (Fsp3) is 0.333. The maximum Gasteiger partial charge on any atom is 0.119 e. The smallest absolute Gasteiger partial charge is 0.119 e. The second-order valence-corrected chi connectivity index (χ2v) is 2.92. The summed E-state index contributed by atoms with van der Waals surface area (Å²) in [6, 6.07) is 0. The lowest BCUT2D eigenvalue weighted by Gasteiger charge is -2.00. The first-order chi connectivity index (χ1) is 5.22. The Morgan fingerprint density at radius 3 is 2.55 bits per heavy atom. The second kappa shape index (κ2) is 6.35. The van der Waals surface area contributed by atoms with Crippen molar-refractivity contribution in [3.05, 3.63) is 36.7 Å². The molecule has 0 saturated heterocycles. The summed E-state index contributed by atoms with van der Waals surface area (Å²) in [6.07, 6.45) is 4.87. The lowest BCUT2D eigenvalue weighted by Crippen LogP contribution is -1.84. The minimum absolute atomic E-state index is 0.356. The third kappa shape index (κ3) is 4.96. The number of allylic oxidation sites excluding steroid dienone is 4. The van der Waals surface area contributed by atoms with Gasteiger partial charge in [-0.1, -0.05) is 41.2 Å². The fourth-order valence-corrected chi connectivity index (χ4v) is 0.989. The van der Waals surface area contributed by atoms with Gasteiger partial charge >= 0.3 is 0 Å². The highest BCUT2D eigenvalue weighted by Gasteiger charge is 1.98. The van der Waals surface area contributed by atoms with Crippen LogP contribution in [-0.4, -0.2) is 5.33 Å². The normalized spacial score (nSPS) is 11.3. The maximum absolute atomic E-state index is 12.6. The van der Waals surface area contributed by atoms with Crippen LogP contribution < -0.4 is 0 Å². The van der Waals surface area contributed by atoms with E-state index in [1.54, 1.807) is 12.2 Å². The van der Waals surface area contributed by atoms with Gasteiger partial charge in [-0.3, -0.25) is 0 Å². The van der Waals surface area contributed by atoms with Crippen LogP contribution >= 0.6 is 15.9 Å². The van der Waals surface area contributed by atoms with Crippen LogP contribution in [0, 0.1) is 0 Å². The lowest BCUT2D eigenvalue weighted by molar-refractivity contribution is 0.641. The van der Waals surface area contributed by atoms with Gasteiger partial charge in [0.2, 0.25) is 0 Å². The molecule has 0 saturated carbocycles. The molecule has 0 aliphatic rings. The van der Waals surface area contributed by atoms with E-state index in [0.29, 0.717) is 12.0 Å². The molecule has 0 bridgehead atoms. The molecule has 0 aromatic carbocycles. The molecule has 2 heteroatoms. The van der Waals surface area contributed by atoms with E-state index in [1.165, 1.54) is 0 Å². The topological polar surface area (TPSA) is 0 Å². The van der Waals surface area contributed by atoms with Crippen LogP contribution in [-0.2, 0) is 0 Å². The monoisotopic (exact) mass is 218 g/mol. The van der Waals surface area contributed by atoms with Crippen molar-refractivity contribution in [2.24, 2.45) is 0 Å². The summed E-state index contributed by atoms with van der Waals surface area (Å²) < 4.78 is 12.6. The summed E-state index contributed by atoms with van der Waals surface area (Å²) >= 11 is 3.27. The highest BCUT2D eigenvalue weighted by atomic mass is 79.9. The number of halogens is 2. The standard InChI is InChI=1S/C9H12BrF/c1-3-5-9(8(2)11)6-4-7-10/h3,5H,1-2,4,6-7H2/b9-5-. The first-order valence-electron chi connectivity index (χ1n) is 3.44. The van der Waals surface area contributed by atoms with Crippen LogP contribution in [0.5, 0.6) is 0 Å². The zero-order valence-electron chi connectivity index (χ0n) is 6.45. The van der Waals surface area contributed by atoms with Gasteiger partial charge < -0.3 is 0 Å². The molecule has 0 aliphatic heterocycles. The Kier molecular flexibility index (Phi) is 6.13. The van der Waals surface area contributed by atoms with Crippen molar-refractivity contribution in [3.63, 3.8) is 0 Å². The van der Waals surface area contributed by atoms with E-state index in [1.807, 2.05) is 0 Å². The SMILES string of the molecule is C=C/C=C(/CCCBr)C(=C)F. The molecule has 0 N–H and O–H groups in total. The molecule has 0 aliphatic carbocycles. The molecule has 11 heavy (non-hydrogen) atoms. The van der Waals surface area contributed by atoms with E-state index in [2.05, 4.69) is 29.1 Å². The van der Waals surface area contributed by atoms with Crippen molar-refractivity contribution in [3.8, 4) is 0 Å². The minimum Gasteiger partial charge on any atom is -0.207 e. The van der Waals surface area contributed by atoms with Gasteiger partial charge in [0.1, 0.15) is 5.83 Å². The van der Waals surface area contributed by atoms with E-state index >= 15 is 0 Å². The van der Waals surface area contributed by atoms with Gasteiger partial charge in [0.25, 0.3) is 0 Å². The van der Waals surface area contributed by atoms with Crippen LogP contribution in [0.2, 0.25) is 0 Å². The molecular weight excluding hydrogens is 207 g/mol. The highest BCUT2D eigenvalue weighted by Crippen LogP contribution is 2.15. The molecule has 0 amide bonds. The van der Waals surface area contributed by atoms with Gasteiger partial charge in [-0.25, -0.2) is 4.39 Å². The molecule has 0 nitrogen and oxygen atoms in total. The molecule has 0 rings (SSSR count). The summed E-state index contributed by atoms with van der Waals surface area (Å²) in [5, 5.41) is 0.884. The molecular formula is C9H12BrF. The van der Waals surface area contributed by atoms with Crippen molar-refractivity contribution in [2.45, 2.75) is 12.8 Å². The molecule has 0 aromatic rings. The number of hydrogen-bond donors (Lipinski definition) is 0. The summed E-state index contributed by atoms with van der Waals surface area (Å²) in [5.41, 5.74) is 0.638. The van der Waals surface area contributed by atoms with E-state index < -0.39 is 0 Å². The fourth-order valence-electron chi connectivity index (χ4n) is 0.709. The lowest BCUT2D eigenvalue weighted by atomic mass is 10.1. The molecule has 0 unspecified atom stereocenters. The van der Waals surface area contributed by atoms with Gasteiger partial charge in [0.05, 0.1) is 0 Å². The average molecular weight is 219 g/mol. The first-order valence-corrected chi connectivity index (χ1v) is 4.57. The Labute approximate surface area is 75.6 Å². The molecule has 0 atom stereocenters. The van der Waals surface area contributed by atoms with Crippen molar-refractivity contribution < 1.29 is 4.39 Å². The second-order valence-electron chi connectivity index (χ2n) is 2.13. The van der Waals surface area contributed by atoms with E-state index in [-0.39, 0.29) is 5.83 Å². The Morgan fingerprint density at radius 2 is 2.18 bits per heavy atom. The predicted molar refractivity (Wildman–Crippen MR) is 51.6 cm³/mol. The van der Waals surface area contributed by atoms with Crippen molar-refractivity contribution in [2.75, 3.05) is 5.33 Å². The summed E-state index contributed by atoms with van der Waals surface area (Å²) in [4.78, 5) is 0. The molecule has 62 valence electrons. The first kappa shape index (κ1) is 10.6. The van der Waals surface area contributed by atoms with E-state index in [0.717, 1.165) is 11.8 Å². The Morgan fingerprint density at radius 1 is 1.55 bits per heavy atom. The Balaban J connectivity index is 4.00. The van der Waals surface area contributed by atoms with Crippen LogP contribution in [0.15, 0.2) is 36.7 Å². The van der Waals surface area contributed by atoms with Crippen LogP contribution in [0.1, 0.15) is 12.8 Å². The van der Waals surface area contributed by atoms with Gasteiger partial charge in [-0.15, -0.1) is 0 Å². The summed E-state index contributed by atoms with van der Waals surface area (Å²) in [5.74, 6) is -0.356.